The second kappa shape index (κ2) is 28.8. The van der Waals surface area contributed by atoms with E-state index in [0.717, 1.165) is 70.8 Å². The first kappa shape index (κ1) is 35.7. The molecule has 0 saturated carbocycles. The molecule has 1 atom stereocenters. The van der Waals surface area contributed by atoms with E-state index in [9.17, 15) is 0 Å². The molecule has 0 fully saturated rings. The van der Waals surface area contributed by atoms with Crippen molar-refractivity contribution in [1.82, 2.24) is 0 Å². The standard InChI is InChI=1S/C26H54O4.C4H8/c1-6-10-14-15-16-17-19-25(20-18-21-27-5)26(28-22-11-7-2,29-23-12-8-3)30-24-13-9-4;1-3-4-2/h25H,6-24H2,1-5H3;3H,1,4H2,2H3. The molecule has 34 heavy (non-hydrogen) atoms. The van der Waals surface area contributed by atoms with Gasteiger partial charge >= 0.3 is 0 Å². The van der Waals surface area contributed by atoms with Crippen LogP contribution in [0.5, 0.6) is 0 Å². The number of rotatable bonds is 25. The molecule has 0 aliphatic heterocycles. The van der Waals surface area contributed by atoms with E-state index >= 15 is 0 Å². The third-order valence-corrected chi connectivity index (χ3v) is 6.00. The van der Waals surface area contributed by atoms with Gasteiger partial charge < -0.3 is 18.9 Å². The Morgan fingerprint density at radius 1 is 0.588 bits per heavy atom. The van der Waals surface area contributed by atoms with Crippen molar-refractivity contribution in [3.63, 3.8) is 0 Å². The van der Waals surface area contributed by atoms with E-state index in [2.05, 4.69) is 41.2 Å². The first-order valence-electron chi connectivity index (χ1n) is 14.6. The lowest BCUT2D eigenvalue weighted by Gasteiger charge is -2.40. The first-order chi connectivity index (χ1) is 16.6. The zero-order chi connectivity index (χ0) is 25.8. The van der Waals surface area contributed by atoms with Crippen LogP contribution < -0.4 is 0 Å². The van der Waals surface area contributed by atoms with Gasteiger partial charge in [-0.1, -0.05) is 98.5 Å². The number of ether oxygens (including phenoxy) is 4. The van der Waals surface area contributed by atoms with Gasteiger partial charge in [0.15, 0.2) is 0 Å². The SMILES string of the molecule is C=CCC.CCCCCCCCC(CCCOC)C(OCCCC)(OCCCC)OCCCC. The third kappa shape index (κ3) is 20.9. The second-order valence-corrected chi connectivity index (χ2v) is 9.29. The topological polar surface area (TPSA) is 36.9 Å². The number of hydrogen-bond donors (Lipinski definition) is 0. The zero-order valence-corrected chi connectivity index (χ0v) is 24.1. The van der Waals surface area contributed by atoms with E-state index in [1.807, 2.05) is 6.08 Å². The normalized spacial score (nSPS) is 12.3. The average Bonchev–Trinajstić information content (AvgIpc) is 2.85. The van der Waals surface area contributed by atoms with E-state index in [0.29, 0.717) is 19.8 Å². The van der Waals surface area contributed by atoms with Crippen LogP contribution in [0.25, 0.3) is 0 Å². The van der Waals surface area contributed by atoms with Crippen LogP contribution in [-0.4, -0.2) is 39.5 Å². The summed E-state index contributed by atoms with van der Waals surface area (Å²) in [5, 5.41) is 0. The lowest BCUT2D eigenvalue weighted by Crippen LogP contribution is -2.47. The summed E-state index contributed by atoms with van der Waals surface area (Å²) in [5.41, 5.74) is 0. The second-order valence-electron chi connectivity index (χ2n) is 9.29. The molecule has 0 aliphatic rings. The molecule has 0 saturated heterocycles. The molecule has 0 bridgehead atoms. The summed E-state index contributed by atoms with van der Waals surface area (Å²) in [6.45, 7) is 17.3. The fourth-order valence-corrected chi connectivity index (χ4v) is 3.70. The molecule has 4 heteroatoms. The smallest absolute Gasteiger partial charge is 0.285 e. The molecular weight excluding hydrogens is 424 g/mol. The van der Waals surface area contributed by atoms with Crippen molar-refractivity contribution >= 4 is 0 Å². The fourth-order valence-electron chi connectivity index (χ4n) is 3.70. The Labute approximate surface area is 214 Å². The van der Waals surface area contributed by atoms with Gasteiger partial charge in [-0.3, -0.25) is 0 Å². The minimum absolute atomic E-state index is 0.254. The molecular formula is C30H62O4. The summed E-state index contributed by atoms with van der Waals surface area (Å²) < 4.78 is 24.7. The van der Waals surface area contributed by atoms with Gasteiger partial charge in [0.25, 0.3) is 5.97 Å². The van der Waals surface area contributed by atoms with E-state index in [4.69, 9.17) is 18.9 Å². The van der Waals surface area contributed by atoms with Crippen molar-refractivity contribution in [2.75, 3.05) is 33.5 Å². The van der Waals surface area contributed by atoms with E-state index in [-0.39, 0.29) is 5.92 Å². The summed E-state index contributed by atoms with van der Waals surface area (Å²) in [5.74, 6) is -0.638. The van der Waals surface area contributed by atoms with Crippen LogP contribution in [-0.2, 0) is 18.9 Å². The predicted octanol–water partition coefficient (Wildman–Crippen LogP) is 9.47. The van der Waals surface area contributed by atoms with Crippen LogP contribution >= 0.6 is 0 Å². The minimum atomic E-state index is -0.892. The van der Waals surface area contributed by atoms with Gasteiger partial charge in [0.1, 0.15) is 0 Å². The molecule has 4 nitrogen and oxygen atoms in total. The van der Waals surface area contributed by atoms with Crippen molar-refractivity contribution in [3.8, 4) is 0 Å². The molecule has 0 aromatic heterocycles. The third-order valence-electron chi connectivity index (χ3n) is 6.00. The van der Waals surface area contributed by atoms with Crippen molar-refractivity contribution in [2.24, 2.45) is 5.92 Å². The molecule has 0 aliphatic carbocycles. The van der Waals surface area contributed by atoms with Crippen LogP contribution in [0.1, 0.15) is 137 Å². The average molecular weight is 487 g/mol. The summed E-state index contributed by atoms with van der Waals surface area (Å²) in [6.07, 6.45) is 20.4. The van der Waals surface area contributed by atoms with Gasteiger partial charge in [-0.05, 0) is 44.9 Å². The largest absolute Gasteiger partial charge is 0.385 e. The molecule has 0 N–H and O–H groups in total. The maximum atomic E-state index is 6.47. The molecule has 0 aromatic carbocycles. The van der Waals surface area contributed by atoms with Crippen LogP contribution in [0.3, 0.4) is 0 Å². The van der Waals surface area contributed by atoms with E-state index in [1.165, 1.54) is 38.5 Å². The quantitative estimate of drug-likeness (QED) is 0.0731. The molecule has 0 aromatic rings. The Hall–Kier alpha value is -0.420. The molecule has 0 spiro atoms. The van der Waals surface area contributed by atoms with E-state index < -0.39 is 5.97 Å². The van der Waals surface area contributed by atoms with Crippen molar-refractivity contribution in [1.29, 1.82) is 0 Å². The summed E-state index contributed by atoms with van der Waals surface area (Å²) in [6, 6.07) is 0. The maximum absolute atomic E-state index is 6.47. The molecule has 0 amide bonds. The van der Waals surface area contributed by atoms with Crippen LogP contribution in [0.2, 0.25) is 0 Å². The Morgan fingerprint density at radius 3 is 1.41 bits per heavy atom. The van der Waals surface area contributed by atoms with Crippen LogP contribution in [0.4, 0.5) is 0 Å². The maximum Gasteiger partial charge on any atom is 0.285 e. The van der Waals surface area contributed by atoms with Crippen molar-refractivity contribution in [2.45, 2.75) is 143 Å². The Kier molecular flexibility index (Phi) is 30.3. The molecule has 1 unspecified atom stereocenters. The highest BCUT2D eigenvalue weighted by Gasteiger charge is 2.42. The van der Waals surface area contributed by atoms with Gasteiger partial charge in [-0.25, -0.2) is 0 Å². The van der Waals surface area contributed by atoms with Crippen molar-refractivity contribution < 1.29 is 18.9 Å². The molecule has 206 valence electrons. The van der Waals surface area contributed by atoms with Gasteiger partial charge in [-0.15, -0.1) is 6.58 Å². The lowest BCUT2D eigenvalue weighted by molar-refractivity contribution is -0.407. The monoisotopic (exact) mass is 486 g/mol. The van der Waals surface area contributed by atoms with Gasteiger partial charge in [0.2, 0.25) is 0 Å². The summed E-state index contributed by atoms with van der Waals surface area (Å²) in [4.78, 5) is 0. The molecule has 0 heterocycles. The van der Waals surface area contributed by atoms with Crippen LogP contribution in [0, 0.1) is 5.92 Å². The summed E-state index contributed by atoms with van der Waals surface area (Å²) >= 11 is 0. The Balaban J connectivity index is 0. The Bertz CT molecular complexity index is 359. The fraction of sp³-hybridized carbons (Fsp3) is 0.933. The van der Waals surface area contributed by atoms with E-state index in [1.54, 1.807) is 7.11 Å². The zero-order valence-electron chi connectivity index (χ0n) is 24.1. The van der Waals surface area contributed by atoms with Gasteiger partial charge in [-0.2, -0.15) is 0 Å². The van der Waals surface area contributed by atoms with Gasteiger partial charge in [0.05, 0.1) is 19.8 Å². The summed E-state index contributed by atoms with van der Waals surface area (Å²) in [7, 11) is 1.78. The number of hydrogen-bond acceptors (Lipinski definition) is 4. The number of methoxy groups -OCH3 is 1. The molecule has 0 rings (SSSR count). The lowest BCUT2D eigenvalue weighted by atomic mass is 9.92. The van der Waals surface area contributed by atoms with Gasteiger partial charge in [0, 0.05) is 19.6 Å². The number of allylic oxidation sites excluding steroid dienone is 1. The number of unbranched alkanes of at least 4 members (excludes halogenated alkanes) is 8. The first-order valence-corrected chi connectivity index (χ1v) is 14.6. The molecule has 0 radical (unpaired) electrons. The minimum Gasteiger partial charge on any atom is -0.385 e. The van der Waals surface area contributed by atoms with Crippen molar-refractivity contribution in [3.05, 3.63) is 12.7 Å². The highest BCUT2D eigenvalue weighted by molar-refractivity contribution is 4.74. The highest BCUT2D eigenvalue weighted by Crippen LogP contribution is 2.35. The Morgan fingerprint density at radius 2 is 1.00 bits per heavy atom. The predicted molar refractivity (Wildman–Crippen MR) is 148 cm³/mol. The highest BCUT2D eigenvalue weighted by atomic mass is 16.9. The van der Waals surface area contributed by atoms with Crippen LogP contribution in [0.15, 0.2) is 12.7 Å².